The van der Waals surface area contributed by atoms with Crippen LogP contribution >= 0.6 is 11.3 Å². The molecule has 29 heavy (non-hydrogen) atoms. The molecule has 1 unspecified atom stereocenters. The number of anilines is 1. The van der Waals surface area contributed by atoms with Gasteiger partial charge in [-0.2, -0.15) is 0 Å². The lowest BCUT2D eigenvalue weighted by Gasteiger charge is -2.22. The molecule has 4 rings (SSSR count). The van der Waals surface area contributed by atoms with Gasteiger partial charge in [0, 0.05) is 12.2 Å². The minimum Gasteiger partial charge on any atom is -0.333 e. The fourth-order valence-corrected chi connectivity index (χ4v) is 4.25. The van der Waals surface area contributed by atoms with E-state index in [2.05, 4.69) is 15.5 Å². The minimum atomic E-state index is -0.324. The number of amides is 2. The normalized spacial score (nSPS) is 16.0. The second kappa shape index (κ2) is 8.48. The fraction of sp³-hybridized carbons (Fsp3) is 0.238. The summed E-state index contributed by atoms with van der Waals surface area (Å²) in [5.74, 6) is -0.679. The average Bonchev–Trinajstić information content (AvgIpc) is 3.40. The van der Waals surface area contributed by atoms with Crippen molar-refractivity contribution in [2.24, 2.45) is 0 Å². The van der Waals surface area contributed by atoms with Gasteiger partial charge in [-0.15, -0.1) is 10.2 Å². The highest BCUT2D eigenvalue weighted by Crippen LogP contribution is 2.34. The molecular formula is C21H19FN4O2S. The number of nitrogens with zero attached hydrogens (tertiary/aromatic N) is 3. The Morgan fingerprint density at radius 2 is 1.86 bits per heavy atom. The standard InChI is InChI=1S/C21H19FN4O2S/c22-15-10-8-14(9-11-15)13-18(27)26-12-4-7-17(26)20-24-25-21(29-20)19(28)23-16-5-2-1-3-6-16/h1-3,5-6,8-11,17H,4,7,12-13H2,(H,23,28). The van der Waals surface area contributed by atoms with Gasteiger partial charge in [-0.05, 0) is 42.7 Å². The molecule has 0 aliphatic carbocycles. The number of aromatic nitrogens is 2. The molecule has 1 aliphatic heterocycles. The molecule has 1 saturated heterocycles. The molecule has 3 aromatic rings. The van der Waals surface area contributed by atoms with Crippen LogP contribution in [-0.4, -0.2) is 33.5 Å². The van der Waals surface area contributed by atoms with Crippen LogP contribution in [0.5, 0.6) is 0 Å². The molecule has 1 N–H and O–H groups in total. The largest absolute Gasteiger partial charge is 0.333 e. The number of benzene rings is 2. The Kier molecular flexibility index (Phi) is 5.62. The van der Waals surface area contributed by atoms with Gasteiger partial charge in [0.15, 0.2) is 0 Å². The molecule has 1 fully saturated rings. The van der Waals surface area contributed by atoms with E-state index in [4.69, 9.17) is 0 Å². The van der Waals surface area contributed by atoms with Crippen LogP contribution in [0.3, 0.4) is 0 Å². The van der Waals surface area contributed by atoms with E-state index < -0.39 is 0 Å². The lowest BCUT2D eigenvalue weighted by atomic mass is 10.1. The molecule has 1 aliphatic rings. The monoisotopic (exact) mass is 410 g/mol. The molecule has 8 heteroatoms. The zero-order valence-corrected chi connectivity index (χ0v) is 16.4. The second-order valence-corrected chi connectivity index (χ2v) is 7.82. The Balaban J connectivity index is 1.44. The molecule has 2 heterocycles. The van der Waals surface area contributed by atoms with Crippen LogP contribution in [0.2, 0.25) is 0 Å². The van der Waals surface area contributed by atoms with Gasteiger partial charge in [0.1, 0.15) is 10.8 Å². The molecule has 0 spiro atoms. The van der Waals surface area contributed by atoms with Crippen LogP contribution < -0.4 is 5.32 Å². The van der Waals surface area contributed by atoms with E-state index in [1.165, 1.54) is 23.5 Å². The van der Waals surface area contributed by atoms with E-state index in [9.17, 15) is 14.0 Å². The van der Waals surface area contributed by atoms with Gasteiger partial charge in [-0.1, -0.05) is 41.7 Å². The van der Waals surface area contributed by atoms with E-state index in [-0.39, 0.29) is 35.1 Å². The van der Waals surface area contributed by atoms with Crippen molar-refractivity contribution in [1.29, 1.82) is 0 Å². The zero-order valence-electron chi connectivity index (χ0n) is 15.5. The molecule has 0 bridgehead atoms. The van der Waals surface area contributed by atoms with Crippen LogP contribution in [0.25, 0.3) is 0 Å². The molecule has 6 nitrogen and oxygen atoms in total. The summed E-state index contributed by atoms with van der Waals surface area (Å²) in [5.41, 5.74) is 1.45. The predicted molar refractivity (Wildman–Crippen MR) is 108 cm³/mol. The quantitative estimate of drug-likeness (QED) is 0.694. The second-order valence-electron chi connectivity index (χ2n) is 6.81. The molecule has 0 radical (unpaired) electrons. The third-order valence-electron chi connectivity index (χ3n) is 4.79. The maximum Gasteiger partial charge on any atom is 0.286 e. The molecular weight excluding hydrogens is 391 g/mol. The Labute approximate surface area is 171 Å². The van der Waals surface area contributed by atoms with Crippen molar-refractivity contribution >= 4 is 28.8 Å². The highest BCUT2D eigenvalue weighted by Gasteiger charge is 2.33. The Morgan fingerprint density at radius 3 is 2.62 bits per heavy atom. The summed E-state index contributed by atoms with van der Waals surface area (Å²) in [4.78, 5) is 27.0. The first kappa shape index (κ1) is 19.2. The number of hydrogen-bond acceptors (Lipinski definition) is 5. The summed E-state index contributed by atoms with van der Waals surface area (Å²) in [6.07, 6.45) is 1.85. The molecule has 1 aromatic heterocycles. The third-order valence-corrected chi connectivity index (χ3v) is 5.82. The first-order valence-electron chi connectivity index (χ1n) is 9.34. The number of likely N-dealkylation sites (tertiary alicyclic amines) is 1. The van der Waals surface area contributed by atoms with Gasteiger partial charge >= 0.3 is 0 Å². The molecule has 148 valence electrons. The number of carbonyl (C=O) groups is 2. The third kappa shape index (κ3) is 4.48. The highest BCUT2D eigenvalue weighted by atomic mass is 32.1. The van der Waals surface area contributed by atoms with Gasteiger partial charge in [0.25, 0.3) is 5.91 Å². The van der Waals surface area contributed by atoms with Gasteiger partial charge in [0.2, 0.25) is 10.9 Å². The summed E-state index contributed by atoms with van der Waals surface area (Å²) < 4.78 is 13.1. The van der Waals surface area contributed by atoms with Crippen molar-refractivity contribution in [3.8, 4) is 0 Å². The van der Waals surface area contributed by atoms with E-state index in [0.29, 0.717) is 17.2 Å². The first-order chi connectivity index (χ1) is 14.1. The van der Waals surface area contributed by atoms with Gasteiger partial charge < -0.3 is 10.2 Å². The van der Waals surface area contributed by atoms with Crippen LogP contribution in [0.1, 0.15) is 39.3 Å². The van der Waals surface area contributed by atoms with Crippen molar-refractivity contribution in [2.75, 3.05) is 11.9 Å². The Morgan fingerprint density at radius 1 is 1.10 bits per heavy atom. The Hall–Kier alpha value is -3.13. The molecule has 1 atom stereocenters. The molecule has 2 aromatic carbocycles. The number of carbonyl (C=O) groups excluding carboxylic acids is 2. The summed E-state index contributed by atoms with van der Waals surface area (Å²) in [7, 11) is 0. The summed E-state index contributed by atoms with van der Waals surface area (Å²) >= 11 is 1.21. The number of hydrogen-bond donors (Lipinski definition) is 1. The lowest BCUT2D eigenvalue weighted by molar-refractivity contribution is -0.131. The number of halogens is 1. The van der Waals surface area contributed by atoms with Crippen LogP contribution in [0.4, 0.5) is 10.1 Å². The molecule has 2 amide bonds. The van der Waals surface area contributed by atoms with Crippen LogP contribution in [-0.2, 0) is 11.2 Å². The van der Waals surface area contributed by atoms with Crippen molar-refractivity contribution in [2.45, 2.75) is 25.3 Å². The van der Waals surface area contributed by atoms with Gasteiger partial charge in [-0.3, -0.25) is 9.59 Å². The van der Waals surface area contributed by atoms with Crippen molar-refractivity contribution in [3.63, 3.8) is 0 Å². The van der Waals surface area contributed by atoms with E-state index in [1.807, 2.05) is 18.2 Å². The number of rotatable bonds is 5. The van der Waals surface area contributed by atoms with Crippen LogP contribution in [0.15, 0.2) is 54.6 Å². The van der Waals surface area contributed by atoms with E-state index in [0.717, 1.165) is 18.4 Å². The van der Waals surface area contributed by atoms with Crippen molar-refractivity contribution in [1.82, 2.24) is 15.1 Å². The Bertz CT molecular complexity index is 1010. The van der Waals surface area contributed by atoms with Crippen molar-refractivity contribution in [3.05, 3.63) is 76.0 Å². The summed E-state index contributed by atoms with van der Waals surface area (Å²) in [6, 6.07) is 14.9. The maximum absolute atomic E-state index is 13.1. The SMILES string of the molecule is O=C(Nc1ccccc1)c1nnc(C2CCCN2C(=O)Cc2ccc(F)cc2)s1. The highest BCUT2D eigenvalue weighted by molar-refractivity contribution is 7.13. The lowest BCUT2D eigenvalue weighted by Crippen LogP contribution is -2.31. The fourth-order valence-electron chi connectivity index (χ4n) is 3.37. The first-order valence-corrected chi connectivity index (χ1v) is 10.2. The number of nitrogens with one attached hydrogen (secondary N) is 1. The molecule has 0 saturated carbocycles. The van der Waals surface area contributed by atoms with E-state index in [1.54, 1.807) is 29.2 Å². The van der Waals surface area contributed by atoms with Crippen LogP contribution in [0, 0.1) is 5.82 Å². The average molecular weight is 410 g/mol. The van der Waals surface area contributed by atoms with Gasteiger partial charge in [-0.25, -0.2) is 4.39 Å². The minimum absolute atomic E-state index is 0.0374. The maximum atomic E-state index is 13.1. The van der Waals surface area contributed by atoms with Crippen molar-refractivity contribution < 1.29 is 14.0 Å². The summed E-state index contributed by atoms with van der Waals surface area (Å²) in [6.45, 7) is 0.635. The predicted octanol–water partition coefficient (Wildman–Crippen LogP) is 3.84. The summed E-state index contributed by atoms with van der Waals surface area (Å²) in [5, 5.41) is 11.9. The van der Waals surface area contributed by atoms with E-state index >= 15 is 0 Å². The topological polar surface area (TPSA) is 75.2 Å². The smallest absolute Gasteiger partial charge is 0.286 e. The number of para-hydroxylation sites is 1. The zero-order chi connectivity index (χ0) is 20.2. The van der Waals surface area contributed by atoms with Gasteiger partial charge in [0.05, 0.1) is 12.5 Å².